The molecule has 2 saturated heterocycles. The fraction of sp³-hybridized carbons (Fsp3) is 0.625. The van der Waals surface area contributed by atoms with Gasteiger partial charge in [-0.2, -0.15) is 0 Å². The van der Waals surface area contributed by atoms with Crippen LogP contribution in [0.2, 0.25) is 0 Å². The highest BCUT2D eigenvalue weighted by atomic mass is 16.2. The minimum Gasteiger partial charge on any atom is -0.342 e. The molecule has 2 aliphatic heterocycles. The average Bonchev–Trinajstić information content (AvgIpc) is 3.23. The number of aromatic nitrogens is 2. The molecule has 3 fully saturated rings. The lowest BCUT2D eigenvalue weighted by Crippen LogP contribution is -2.45. The smallest absolute Gasteiger partial charge is 0.232 e. The van der Waals surface area contributed by atoms with Crippen molar-refractivity contribution in [2.24, 2.45) is 17.8 Å². The van der Waals surface area contributed by atoms with Crippen LogP contribution in [0.4, 0.5) is 5.69 Å². The number of nitrogens with zero attached hydrogens (tertiary/aromatic N) is 4. The van der Waals surface area contributed by atoms with Crippen molar-refractivity contribution in [2.75, 3.05) is 24.5 Å². The first-order valence-electron chi connectivity index (χ1n) is 8.06. The van der Waals surface area contributed by atoms with Gasteiger partial charge in [0.25, 0.3) is 0 Å². The Balaban J connectivity index is 1.46. The van der Waals surface area contributed by atoms with Gasteiger partial charge in [0.05, 0.1) is 24.0 Å². The van der Waals surface area contributed by atoms with E-state index in [2.05, 4.69) is 9.97 Å². The lowest BCUT2D eigenvalue weighted by atomic mass is 9.88. The molecule has 6 nitrogen and oxygen atoms in total. The van der Waals surface area contributed by atoms with Crippen molar-refractivity contribution in [2.45, 2.75) is 25.7 Å². The largest absolute Gasteiger partial charge is 0.342 e. The van der Waals surface area contributed by atoms with Gasteiger partial charge in [0, 0.05) is 26.1 Å². The maximum Gasteiger partial charge on any atom is 0.232 e. The van der Waals surface area contributed by atoms with E-state index < -0.39 is 0 Å². The van der Waals surface area contributed by atoms with Gasteiger partial charge < -0.3 is 9.80 Å². The molecule has 0 radical (unpaired) electrons. The molecule has 0 bridgehead atoms. The van der Waals surface area contributed by atoms with Crippen LogP contribution < -0.4 is 4.90 Å². The topological polar surface area (TPSA) is 66.4 Å². The highest BCUT2D eigenvalue weighted by molar-refractivity contribution is 5.96. The molecule has 0 spiro atoms. The molecule has 116 valence electrons. The minimum absolute atomic E-state index is 0.0582. The minimum atomic E-state index is -0.0582. The number of rotatable bonds is 3. The van der Waals surface area contributed by atoms with Gasteiger partial charge in [-0.15, -0.1) is 0 Å². The fourth-order valence-corrected chi connectivity index (χ4v) is 3.64. The van der Waals surface area contributed by atoms with Crippen molar-refractivity contribution in [3.8, 4) is 0 Å². The summed E-state index contributed by atoms with van der Waals surface area (Å²) in [5.41, 5.74) is 0.758. The normalized spacial score (nSPS) is 27.9. The van der Waals surface area contributed by atoms with E-state index in [-0.39, 0.29) is 17.7 Å². The summed E-state index contributed by atoms with van der Waals surface area (Å²) < 4.78 is 0. The lowest BCUT2D eigenvalue weighted by Gasteiger charge is -2.33. The molecular formula is C16H20N4O2. The SMILES string of the molecule is O=C(CC1CC1)N1C[C@H]2CCN(c3cncnc3)C(=O)[C@@H]2C1. The first-order valence-corrected chi connectivity index (χ1v) is 8.06. The number of hydrogen-bond donors (Lipinski definition) is 0. The summed E-state index contributed by atoms with van der Waals surface area (Å²) in [6.07, 6.45) is 8.81. The van der Waals surface area contributed by atoms with Crippen LogP contribution in [0.15, 0.2) is 18.7 Å². The first kappa shape index (κ1) is 13.7. The second kappa shape index (κ2) is 5.34. The Morgan fingerprint density at radius 1 is 1.18 bits per heavy atom. The molecule has 1 aromatic rings. The summed E-state index contributed by atoms with van der Waals surface area (Å²) in [5, 5.41) is 0. The number of amides is 2. The second-order valence-electron chi connectivity index (χ2n) is 6.69. The molecule has 2 atom stereocenters. The zero-order valence-corrected chi connectivity index (χ0v) is 12.5. The number of hydrogen-bond acceptors (Lipinski definition) is 4. The van der Waals surface area contributed by atoms with Gasteiger partial charge in [-0.1, -0.05) is 0 Å². The van der Waals surface area contributed by atoms with E-state index in [0.717, 1.165) is 18.7 Å². The summed E-state index contributed by atoms with van der Waals surface area (Å²) in [4.78, 5) is 36.7. The van der Waals surface area contributed by atoms with Gasteiger partial charge in [-0.05, 0) is 31.1 Å². The van der Waals surface area contributed by atoms with E-state index in [0.29, 0.717) is 31.3 Å². The number of piperidine rings is 1. The Morgan fingerprint density at radius 3 is 2.68 bits per heavy atom. The van der Waals surface area contributed by atoms with Gasteiger partial charge in [-0.3, -0.25) is 9.59 Å². The predicted molar refractivity (Wildman–Crippen MR) is 79.9 cm³/mol. The van der Waals surface area contributed by atoms with Crippen molar-refractivity contribution in [3.63, 3.8) is 0 Å². The summed E-state index contributed by atoms with van der Waals surface area (Å²) in [6.45, 7) is 2.03. The second-order valence-corrected chi connectivity index (χ2v) is 6.69. The molecule has 3 heterocycles. The van der Waals surface area contributed by atoms with E-state index in [1.807, 2.05) is 4.90 Å². The highest BCUT2D eigenvalue weighted by Gasteiger charge is 2.45. The lowest BCUT2D eigenvalue weighted by molar-refractivity contribution is -0.130. The van der Waals surface area contributed by atoms with Crippen LogP contribution in [0.1, 0.15) is 25.7 Å². The molecule has 1 saturated carbocycles. The Bertz CT molecular complexity index is 587. The van der Waals surface area contributed by atoms with Crippen LogP contribution >= 0.6 is 0 Å². The monoisotopic (exact) mass is 300 g/mol. The highest BCUT2D eigenvalue weighted by Crippen LogP contribution is 2.37. The average molecular weight is 300 g/mol. The molecule has 1 aliphatic carbocycles. The number of carbonyl (C=O) groups is 2. The van der Waals surface area contributed by atoms with Crippen LogP contribution in [-0.2, 0) is 9.59 Å². The van der Waals surface area contributed by atoms with Gasteiger partial charge in [0.15, 0.2) is 0 Å². The van der Waals surface area contributed by atoms with E-state index >= 15 is 0 Å². The number of fused-ring (bicyclic) bond motifs is 1. The molecule has 0 N–H and O–H groups in total. The first-order chi connectivity index (χ1) is 10.7. The molecule has 1 aromatic heterocycles. The van der Waals surface area contributed by atoms with E-state index in [1.54, 1.807) is 17.3 Å². The van der Waals surface area contributed by atoms with Gasteiger partial charge >= 0.3 is 0 Å². The van der Waals surface area contributed by atoms with Crippen molar-refractivity contribution in [1.82, 2.24) is 14.9 Å². The molecule has 2 amide bonds. The third kappa shape index (κ3) is 2.46. The van der Waals surface area contributed by atoms with Crippen LogP contribution in [0, 0.1) is 17.8 Å². The summed E-state index contributed by atoms with van der Waals surface area (Å²) >= 11 is 0. The number of likely N-dealkylation sites (tertiary alicyclic amines) is 1. The number of anilines is 1. The zero-order valence-electron chi connectivity index (χ0n) is 12.5. The van der Waals surface area contributed by atoms with E-state index in [4.69, 9.17) is 0 Å². The van der Waals surface area contributed by atoms with Crippen LogP contribution in [0.3, 0.4) is 0 Å². The fourth-order valence-electron chi connectivity index (χ4n) is 3.64. The Labute approximate surface area is 129 Å². The van der Waals surface area contributed by atoms with Crippen molar-refractivity contribution in [3.05, 3.63) is 18.7 Å². The molecule has 22 heavy (non-hydrogen) atoms. The molecule has 0 unspecified atom stereocenters. The van der Waals surface area contributed by atoms with Gasteiger partial charge in [0.2, 0.25) is 11.8 Å². The summed E-state index contributed by atoms with van der Waals surface area (Å²) in [7, 11) is 0. The molecule has 6 heteroatoms. The maximum atomic E-state index is 12.7. The molecule has 3 aliphatic rings. The van der Waals surface area contributed by atoms with Crippen molar-refractivity contribution in [1.29, 1.82) is 0 Å². The van der Waals surface area contributed by atoms with Crippen molar-refractivity contribution < 1.29 is 9.59 Å². The van der Waals surface area contributed by atoms with Crippen LogP contribution in [0.5, 0.6) is 0 Å². The summed E-state index contributed by atoms with van der Waals surface area (Å²) in [5.74, 6) is 1.21. The van der Waals surface area contributed by atoms with Gasteiger partial charge in [-0.25, -0.2) is 9.97 Å². The molecule has 0 aromatic carbocycles. The van der Waals surface area contributed by atoms with Crippen molar-refractivity contribution >= 4 is 17.5 Å². The Morgan fingerprint density at radius 2 is 1.95 bits per heavy atom. The quantitative estimate of drug-likeness (QED) is 0.838. The van der Waals surface area contributed by atoms with Crippen LogP contribution in [0.25, 0.3) is 0 Å². The van der Waals surface area contributed by atoms with Crippen LogP contribution in [-0.4, -0.2) is 46.3 Å². The van der Waals surface area contributed by atoms with E-state index in [9.17, 15) is 9.59 Å². The standard InChI is InChI=1S/C16H20N4O2/c21-15(5-11-1-2-11)19-8-12-3-4-20(16(22)14(12)9-19)13-6-17-10-18-7-13/h6-7,10-12,14H,1-5,8-9H2/t12-,14-/m1/s1. The molecular weight excluding hydrogens is 280 g/mol. The van der Waals surface area contributed by atoms with Gasteiger partial charge in [0.1, 0.15) is 6.33 Å². The predicted octanol–water partition coefficient (Wildman–Crippen LogP) is 1.09. The van der Waals surface area contributed by atoms with E-state index in [1.165, 1.54) is 19.2 Å². The maximum absolute atomic E-state index is 12.7. The molecule has 4 rings (SSSR count). The third-order valence-electron chi connectivity index (χ3n) is 5.12. The Hall–Kier alpha value is -1.98. The number of carbonyl (C=O) groups excluding carboxylic acids is 2. The Kier molecular flexibility index (Phi) is 3.32. The zero-order chi connectivity index (χ0) is 15.1. The third-order valence-corrected chi connectivity index (χ3v) is 5.12. The summed E-state index contributed by atoms with van der Waals surface area (Å²) in [6, 6.07) is 0.